The summed E-state index contributed by atoms with van der Waals surface area (Å²) in [7, 11) is 1.65. The smallest absolute Gasteiger partial charge is 0.410 e. The van der Waals surface area contributed by atoms with Crippen molar-refractivity contribution < 1.29 is 14.3 Å². The van der Waals surface area contributed by atoms with Crippen LogP contribution in [0.2, 0.25) is 0 Å². The zero-order valence-electron chi connectivity index (χ0n) is 21.9. The molecule has 2 aliphatic heterocycles. The molecule has 0 spiro atoms. The molecule has 0 saturated carbocycles. The van der Waals surface area contributed by atoms with Crippen molar-refractivity contribution in [3.8, 4) is 0 Å². The highest BCUT2D eigenvalue weighted by atomic mass is 32.2. The van der Waals surface area contributed by atoms with Crippen molar-refractivity contribution in [3.63, 3.8) is 0 Å². The topological polar surface area (TPSA) is 74.8 Å². The highest BCUT2D eigenvalue weighted by Crippen LogP contribution is 2.33. The van der Waals surface area contributed by atoms with Crippen molar-refractivity contribution in [2.75, 3.05) is 26.7 Å². The van der Waals surface area contributed by atoms with Crippen LogP contribution in [0.25, 0.3) is 0 Å². The quantitative estimate of drug-likeness (QED) is 0.443. The second kappa shape index (κ2) is 12.0. The van der Waals surface area contributed by atoms with Gasteiger partial charge in [0.05, 0.1) is 12.5 Å². The largest absolute Gasteiger partial charge is 0.447 e. The van der Waals surface area contributed by atoms with Crippen LogP contribution in [0, 0.1) is 6.92 Å². The fourth-order valence-corrected chi connectivity index (χ4v) is 6.06. The number of aryl methyl sites for hydroxylation is 1. The summed E-state index contributed by atoms with van der Waals surface area (Å²) in [5.74, 6) is 0.0115. The van der Waals surface area contributed by atoms with Crippen LogP contribution in [0.1, 0.15) is 41.3 Å². The minimum atomic E-state index is -0.188. The molecule has 1 aromatic heterocycles. The van der Waals surface area contributed by atoms with Gasteiger partial charge in [0, 0.05) is 43.3 Å². The number of likely N-dealkylation sites (tertiary alicyclic amines) is 1. The minimum Gasteiger partial charge on any atom is -0.447 e. The van der Waals surface area contributed by atoms with E-state index in [2.05, 4.69) is 41.4 Å². The van der Waals surface area contributed by atoms with Gasteiger partial charge in [-0.25, -0.2) is 9.78 Å². The van der Waals surface area contributed by atoms with Gasteiger partial charge < -0.3 is 10.1 Å². The first-order chi connectivity index (χ1) is 18.5. The van der Waals surface area contributed by atoms with Crippen LogP contribution in [0.5, 0.6) is 0 Å². The summed E-state index contributed by atoms with van der Waals surface area (Å²) in [6.07, 6.45) is 2.08. The van der Waals surface area contributed by atoms with Crippen molar-refractivity contribution >= 4 is 23.8 Å². The zero-order chi connectivity index (χ0) is 26.5. The number of carbonyl (C=O) groups is 2. The third-order valence-corrected chi connectivity index (χ3v) is 8.34. The van der Waals surface area contributed by atoms with Gasteiger partial charge in [-0.15, -0.1) is 0 Å². The predicted octanol–water partition coefficient (Wildman–Crippen LogP) is 4.99. The zero-order valence-corrected chi connectivity index (χ0v) is 22.7. The third kappa shape index (κ3) is 6.19. The van der Waals surface area contributed by atoms with E-state index in [-0.39, 0.29) is 24.1 Å². The van der Waals surface area contributed by atoms with E-state index in [0.717, 1.165) is 59.2 Å². The lowest BCUT2D eigenvalue weighted by Gasteiger charge is -2.38. The molecule has 8 heteroatoms. The fourth-order valence-electron chi connectivity index (χ4n) is 5.23. The Morgan fingerprint density at radius 2 is 1.79 bits per heavy atom. The van der Waals surface area contributed by atoms with Crippen LogP contribution in [0.15, 0.2) is 76.7 Å². The lowest BCUT2D eigenvalue weighted by Crippen LogP contribution is -2.46. The van der Waals surface area contributed by atoms with Crippen molar-refractivity contribution in [1.29, 1.82) is 0 Å². The maximum atomic E-state index is 12.6. The molecule has 1 atom stereocenters. The Morgan fingerprint density at radius 3 is 2.47 bits per heavy atom. The van der Waals surface area contributed by atoms with E-state index in [0.29, 0.717) is 13.0 Å². The Morgan fingerprint density at radius 1 is 1.05 bits per heavy atom. The number of amides is 2. The Kier molecular flexibility index (Phi) is 8.29. The van der Waals surface area contributed by atoms with E-state index in [9.17, 15) is 9.59 Å². The number of pyridine rings is 1. The van der Waals surface area contributed by atoms with E-state index in [4.69, 9.17) is 9.72 Å². The summed E-state index contributed by atoms with van der Waals surface area (Å²) in [4.78, 5) is 34.5. The molecule has 0 unspecified atom stereocenters. The average Bonchev–Trinajstić information content (AvgIpc) is 3.33. The number of aromatic nitrogens is 1. The number of ether oxygens (including phenoxy) is 1. The van der Waals surface area contributed by atoms with Crippen LogP contribution >= 0.6 is 11.8 Å². The van der Waals surface area contributed by atoms with Gasteiger partial charge >= 0.3 is 6.09 Å². The third-order valence-electron chi connectivity index (χ3n) is 7.40. The maximum Gasteiger partial charge on any atom is 0.410 e. The number of nitrogens with one attached hydrogen (secondary N) is 1. The number of piperidine rings is 1. The second-order valence-electron chi connectivity index (χ2n) is 9.91. The molecule has 3 aromatic rings. The lowest BCUT2D eigenvalue weighted by molar-refractivity contribution is -0.119. The lowest BCUT2D eigenvalue weighted by atomic mass is 9.99. The molecule has 7 nitrogen and oxygen atoms in total. The van der Waals surface area contributed by atoms with Gasteiger partial charge in [0.2, 0.25) is 5.91 Å². The van der Waals surface area contributed by atoms with Crippen LogP contribution in [-0.2, 0) is 22.5 Å². The normalized spacial score (nSPS) is 18.4. The number of nitrogens with zero attached hydrogens (tertiary/aromatic N) is 3. The van der Waals surface area contributed by atoms with Crippen molar-refractivity contribution in [2.24, 2.45) is 0 Å². The van der Waals surface area contributed by atoms with Crippen LogP contribution < -0.4 is 5.32 Å². The van der Waals surface area contributed by atoms with Gasteiger partial charge in [0.15, 0.2) is 0 Å². The summed E-state index contributed by atoms with van der Waals surface area (Å²) in [6.45, 7) is 5.24. The Hall–Kier alpha value is -3.36. The van der Waals surface area contributed by atoms with E-state index in [1.807, 2.05) is 47.4 Å². The van der Waals surface area contributed by atoms with Gasteiger partial charge in [-0.3, -0.25) is 14.6 Å². The molecule has 1 N–H and O–H groups in total. The van der Waals surface area contributed by atoms with Crippen LogP contribution in [-0.4, -0.2) is 59.6 Å². The molecule has 2 fully saturated rings. The molecule has 2 aliphatic rings. The molecule has 198 valence electrons. The van der Waals surface area contributed by atoms with Gasteiger partial charge in [0.25, 0.3) is 0 Å². The van der Waals surface area contributed by atoms with Gasteiger partial charge in [-0.1, -0.05) is 60.3 Å². The van der Waals surface area contributed by atoms with Crippen molar-refractivity contribution in [1.82, 2.24) is 20.1 Å². The Balaban J connectivity index is 1.15. The van der Waals surface area contributed by atoms with E-state index >= 15 is 0 Å². The fraction of sp³-hybridized carbons (Fsp3) is 0.367. The molecule has 2 aromatic carbocycles. The van der Waals surface area contributed by atoms with Crippen molar-refractivity contribution in [2.45, 2.75) is 54.7 Å². The highest BCUT2D eigenvalue weighted by Gasteiger charge is 2.40. The predicted molar refractivity (Wildman–Crippen MR) is 148 cm³/mol. The molecule has 2 amide bonds. The molecule has 5 rings (SSSR count). The monoisotopic (exact) mass is 530 g/mol. The first kappa shape index (κ1) is 26.3. The molecule has 0 aliphatic carbocycles. The van der Waals surface area contributed by atoms with Gasteiger partial charge in [0.1, 0.15) is 11.6 Å². The summed E-state index contributed by atoms with van der Waals surface area (Å²) in [5, 5.41) is 3.62. The molecular weight excluding hydrogens is 496 g/mol. The number of hydrogen-bond acceptors (Lipinski definition) is 6. The molecule has 38 heavy (non-hydrogen) atoms. The van der Waals surface area contributed by atoms with Gasteiger partial charge in [-0.05, 0) is 54.7 Å². The Bertz CT molecular complexity index is 1260. The molecule has 2 saturated heterocycles. The standard InChI is InChI=1S/C30H34N4O3S/c1-21-24(10-13-29(32-21)38-26-11-8-22(9-12-26)18-28(35)31-2)19-33-16-14-25(15-17-33)34-27(20-37-30(34)36)23-6-4-3-5-7-23/h3-13,25,27H,14-20H2,1-2H3,(H,31,35)/t27-/m0/s1. The second-order valence-corrected chi connectivity index (χ2v) is 11.0. The van der Waals surface area contributed by atoms with Crippen LogP contribution in [0.4, 0.5) is 4.79 Å². The SMILES string of the molecule is CNC(=O)Cc1ccc(Sc2ccc(CN3CCC(N4C(=O)OC[C@H]4c4ccccc4)CC3)c(C)n2)cc1. The highest BCUT2D eigenvalue weighted by molar-refractivity contribution is 7.99. The number of cyclic esters (lactones) is 1. The van der Waals surface area contributed by atoms with Crippen LogP contribution in [0.3, 0.4) is 0 Å². The molecule has 0 bridgehead atoms. The molecular formula is C30H34N4O3S. The Labute approximate surface area is 228 Å². The number of likely N-dealkylation sites (N-methyl/N-ethyl adjacent to an activating group) is 1. The van der Waals surface area contributed by atoms with E-state index in [1.165, 1.54) is 5.56 Å². The molecule has 3 heterocycles. The molecule has 0 radical (unpaired) electrons. The maximum absolute atomic E-state index is 12.6. The van der Waals surface area contributed by atoms with Gasteiger partial charge in [-0.2, -0.15) is 0 Å². The van der Waals surface area contributed by atoms with E-state index in [1.54, 1.807) is 18.8 Å². The first-order valence-electron chi connectivity index (χ1n) is 13.2. The number of benzene rings is 2. The summed E-state index contributed by atoms with van der Waals surface area (Å²) in [6, 6.07) is 22.7. The summed E-state index contributed by atoms with van der Waals surface area (Å²) < 4.78 is 5.45. The minimum absolute atomic E-state index is 0.00350. The summed E-state index contributed by atoms with van der Waals surface area (Å²) in [5.41, 5.74) is 4.41. The first-order valence-corrected chi connectivity index (χ1v) is 14.0. The average molecular weight is 531 g/mol. The number of rotatable bonds is 8. The number of hydrogen-bond donors (Lipinski definition) is 1. The van der Waals surface area contributed by atoms with Crippen molar-refractivity contribution in [3.05, 3.63) is 89.1 Å². The van der Waals surface area contributed by atoms with E-state index < -0.39 is 0 Å². The number of carbonyl (C=O) groups excluding carboxylic acids is 2. The summed E-state index contributed by atoms with van der Waals surface area (Å²) >= 11 is 1.63.